The molecule has 8 rings (SSSR count). The van der Waals surface area contributed by atoms with Crippen LogP contribution in [0.2, 0.25) is 0 Å². The Morgan fingerprint density at radius 1 is 0.367 bits per heavy atom. The number of ketones is 2. The van der Waals surface area contributed by atoms with E-state index >= 15 is 0 Å². The van der Waals surface area contributed by atoms with Crippen LogP contribution in [-0.2, 0) is 40.8 Å². The van der Waals surface area contributed by atoms with Crippen LogP contribution in [0.5, 0.6) is 11.5 Å². The second kappa shape index (κ2) is 26.9. The molecule has 0 radical (unpaired) electrons. The second-order valence-corrected chi connectivity index (χ2v) is 17.0. The zero-order valence-corrected chi connectivity index (χ0v) is 37.8. The first-order chi connectivity index (χ1) is 28.3. The quantitative estimate of drug-likeness (QED) is 0.0664. The summed E-state index contributed by atoms with van der Waals surface area (Å²) in [4.78, 5) is 21.3. The summed E-state index contributed by atoms with van der Waals surface area (Å²) in [5.74, 6) is -0.749. The Labute approximate surface area is 384 Å². The van der Waals surface area contributed by atoms with Crippen molar-refractivity contribution < 1.29 is 60.6 Å². The molecule has 0 unspecified atom stereocenters. The van der Waals surface area contributed by atoms with Crippen LogP contribution < -0.4 is 42.0 Å². The van der Waals surface area contributed by atoms with Gasteiger partial charge >= 0.3 is 40.8 Å². The van der Waals surface area contributed by atoms with Crippen LogP contribution in [0, 0.1) is 12.1 Å². The Bertz CT molecular complexity index is 2060. The van der Waals surface area contributed by atoms with E-state index in [1.165, 1.54) is 69.9 Å². The minimum atomic E-state index is -0.502. The van der Waals surface area contributed by atoms with Crippen molar-refractivity contribution in [3.05, 3.63) is 242 Å². The zero-order chi connectivity index (χ0) is 41.0. The number of benzene rings is 8. The molecular formula is C52H42O4P2Pd2. The van der Waals surface area contributed by atoms with E-state index < -0.39 is 15.8 Å². The van der Waals surface area contributed by atoms with Crippen molar-refractivity contribution in [1.29, 1.82) is 0 Å². The first-order valence-electron chi connectivity index (χ1n) is 18.6. The van der Waals surface area contributed by atoms with Crippen LogP contribution >= 0.6 is 15.8 Å². The molecule has 0 saturated heterocycles. The Kier molecular flexibility index (Phi) is 22.1. The predicted molar refractivity (Wildman–Crippen MR) is 240 cm³/mol. The molecule has 4 nitrogen and oxygen atoms in total. The van der Waals surface area contributed by atoms with Gasteiger partial charge in [0, 0.05) is 11.1 Å². The maximum Gasteiger partial charge on any atom is 2.00 e. The Balaban J connectivity index is 0.000000221. The molecule has 0 atom stereocenters. The summed E-state index contributed by atoms with van der Waals surface area (Å²) in [6, 6.07) is 78.6. The standard InChI is InChI=1S/2C18H14P.2C8H8O2.2Pd/c2*1-4-10-16(11-5-1)19(17-12-6-2-7-13-17)18-14-8-3-9-15-18;2*1-6(9)7-4-2-3-5-8(7)10;;/h2*1-14H;2*2-5,10H,1H3;;/q2*-1;;;2*+2/p-2. The third-order valence-corrected chi connectivity index (χ3v) is 13.2. The molecule has 8 aromatic rings. The molecule has 60 heavy (non-hydrogen) atoms. The molecule has 0 aromatic heterocycles. The predicted octanol–water partition coefficient (Wildman–Crippen LogP) is 8.41. The van der Waals surface area contributed by atoms with E-state index in [1.54, 1.807) is 24.3 Å². The van der Waals surface area contributed by atoms with Crippen LogP contribution in [-0.4, -0.2) is 11.6 Å². The average Bonchev–Trinajstić information content (AvgIpc) is 3.27. The largest absolute Gasteiger partial charge is 2.00 e. The maximum atomic E-state index is 10.8. The van der Waals surface area contributed by atoms with Gasteiger partial charge in [0.1, 0.15) is 0 Å². The van der Waals surface area contributed by atoms with Gasteiger partial charge in [-0.05, 0) is 50.9 Å². The molecule has 0 aliphatic carbocycles. The van der Waals surface area contributed by atoms with Crippen molar-refractivity contribution in [1.82, 2.24) is 0 Å². The van der Waals surface area contributed by atoms with E-state index in [0.29, 0.717) is 0 Å². The molecule has 0 heterocycles. The van der Waals surface area contributed by atoms with Crippen molar-refractivity contribution in [2.45, 2.75) is 13.8 Å². The summed E-state index contributed by atoms with van der Waals surface area (Å²) in [5, 5.41) is 29.7. The molecule has 0 aliphatic rings. The molecule has 0 bridgehead atoms. The first kappa shape index (κ1) is 49.2. The van der Waals surface area contributed by atoms with Crippen LogP contribution in [0.4, 0.5) is 0 Å². The number of hydrogen-bond acceptors (Lipinski definition) is 4. The summed E-state index contributed by atoms with van der Waals surface area (Å²) in [5.41, 5.74) is 0.532. The van der Waals surface area contributed by atoms with Crippen LogP contribution in [0.3, 0.4) is 0 Å². The summed E-state index contributed by atoms with van der Waals surface area (Å²) >= 11 is 0. The fraction of sp³-hybridized carbons (Fsp3) is 0.0385. The Morgan fingerprint density at radius 2 is 0.617 bits per heavy atom. The summed E-state index contributed by atoms with van der Waals surface area (Å²) in [6.45, 7) is 2.77. The molecule has 0 spiro atoms. The molecule has 0 saturated carbocycles. The minimum Gasteiger partial charge on any atom is -0.872 e. The van der Waals surface area contributed by atoms with Crippen molar-refractivity contribution in [2.24, 2.45) is 0 Å². The van der Waals surface area contributed by atoms with Crippen LogP contribution in [0.1, 0.15) is 34.6 Å². The molecule has 0 amide bonds. The summed E-state index contributed by atoms with van der Waals surface area (Å²) in [7, 11) is -1.00. The monoisotopic (exact) mass is 1000 g/mol. The third-order valence-electron chi connectivity index (χ3n) is 8.46. The number of hydrogen-bond donors (Lipinski definition) is 0. The zero-order valence-electron chi connectivity index (χ0n) is 32.9. The topological polar surface area (TPSA) is 80.3 Å². The fourth-order valence-electron chi connectivity index (χ4n) is 5.72. The Morgan fingerprint density at radius 3 is 0.833 bits per heavy atom. The van der Waals surface area contributed by atoms with Crippen molar-refractivity contribution in [3.63, 3.8) is 0 Å². The van der Waals surface area contributed by atoms with Gasteiger partial charge < -0.3 is 10.2 Å². The number of carbonyl (C=O) groups is 2. The van der Waals surface area contributed by atoms with Crippen molar-refractivity contribution >= 4 is 59.2 Å². The molecule has 8 heteroatoms. The van der Waals surface area contributed by atoms with E-state index in [9.17, 15) is 19.8 Å². The molecule has 0 aliphatic heterocycles. The number of Topliss-reactive ketones (excluding diaryl/α,β-unsaturated/α-hetero) is 2. The van der Waals surface area contributed by atoms with E-state index in [1.807, 2.05) is 24.3 Å². The van der Waals surface area contributed by atoms with Gasteiger partial charge in [-0.1, -0.05) is 181 Å². The van der Waals surface area contributed by atoms with E-state index in [0.717, 1.165) is 0 Å². The van der Waals surface area contributed by atoms with Gasteiger partial charge in [-0.25, -0.2) is 0 Å². The minimum absolute atomic E-state index is 0. The van der Waals surface area contributed by atoms with Gasteiger partial charge in [-0.2, -0.15) is 60.7 Å². The van der Waals surface area contributed by atoms with Crippen molar-refractivity contribution in [2.75, 3.05) is 0 Å². The van der Waals surface area contributed by atoms with Gasteiger partial charge in [0.05, 0.1) is 0 Å². The molecule has 8 aromatic carbocycles. The first-order valence-corrected chi connectivity index (χ1v) is 21.3. The maximum absolute atomic E-state index is 10.8. The van der Waals surface area contributed by atoms with E-state index in [4.69, 9.17) is 0 Å². The van der Waals surface area contributed by atoms with Gasteiger partial charge in [-0.15, -0.1) is 10.6 Å². The second-order valence-electron chi connectivity index (χ2n) is 12.6. The van der Waals surface area contributed by atoms with E-state index in [-0.39, 0.29) is 75.0 Å². The summed E-state index contributed by atoms with van der Waals surface area (Å²) < 4.78 is 0. The molecule has 304 valence electrons. The number of carbonyl (C=O) groups excluding carboxylic acids is 2. The van der Waals surface area contributed by atoms with Gasteiger partial charge in [-0.3, -0.25) is 9.59 Å². The molecular weight excluding hydrogens is 963 g/mol. The number of rotatable bonds is 8. The SMILES string of the molecule is CC(=O)c1ccccc1[O-].CC(=O)c1ccccc1[O-].[Pd+2].[Pd+2].[c-]1ccccc1P(c1ccccc1)c1ccccc1.[c-]1ccccc1P(c1ccccc1)c1ccccc1. The fourth-order valence-corrected chi connectivity index (χ4v) is 10.2. The Hall–Kier alpha value is -5.12. The van der Waals surface area contributed by atoms with Crippen LogP contribution in [0.15, 0.2) is 218 Å². The smallest absolute Gasteiger partial charge is 0.872 e. The van der Waals surface area contributed by atoms with Gasteiger partial charge in [0.15, 0.2) is 11.6 Å². The van der Waals surface area contributed by atoms with Crippen molar-refractivity contribution in [3.8, 4) is 11.5 Å². The summed E-state index contributed by atoms with van der Waals surface area (Å²) in [6.07, 6.45) is 0. The normalized spacial score (nSPS) is 9.80. The van der Waals surface area contributed by atoms with Gasteiger partial charge in [0.2, 0.25) is 0 Å². The van der Waals surface area contributed by atoms with Crippen LogP contribution in [0.25, 0.3) is 0 Å². The van der Waals surface area contributed by atoms with Gasteiger partial charge in [0.25, 0.3) is 0 Å². The van der Waals surface area contributed by atoms with E-state index in [2.05, 4.69) is 158 Å². The number of para-hydroxylation sites is 2. The average molecular weight is 1010 g/mol. The molecule has 0 fully saturated rings. The molecule has 0 N–H and O–H groups in total. The third kappa shape index (κ3) is 15.2.